The Balaban J connectivity index is 1.37. The summed E-state index contributed by atoms with van der Waals surface area (Å²) in [5.74, 6) is 4.47. The number of likely N-dealkylation sites (tertiary alicyclic amines) is 1. The number of carbonyl (C=O) groups is 1. The van der Waals surface area contributed by atoms with Crippen molar-refractivity contribution in [3.8, 4) is 5.75 Å². The van der Waals surface area contributed by atoms with Crippen LogP contribution in [0.4, 0.5) is 5.69 Å². The molecule has 2 aliphatic carbocycles. The Labute approximate surface area is 157 Å². The summed E-state index contributed by atoms with van der Waals surface area (Å²) in [6.07, 6.45) is 8.33. The van der Waals surface area contributed by atoms with Crippen molar-refractivity contribution in [2.45, 2.75) is 51.4 Å². The number of carbonyl (C=O) groups excluding carboxylic acids is 1. The Bertz CT molecular complexity index is 652. The van der Waals surface area contributed by atoms with Crippen molar-refractivity contribution in [1.29, 1.82) is 0 Å². The van der Waals surface area contributed by atoms with Gasteiger partial charge in [0, 0.05) is 19.2 Å². The first-order valence-corrected chi connectivity index (χ1v) is 10.3. The lowest BCUT2D eigenvalue weighted by molar-refractivity contribution is -0.114. The molecule has 2 bridgehead atoms. The van der Waals surface area contributed by atoms with Crippen molar-refractivity contribution < 1.29 is 9.53 Å². The molecule has 4 nitrogen and oxygen atoms in total. The van der Waals surface area contributed by atoms with E-state index in [1.54, 1.807) is 14.0 Å². The number of anilines is 1. The van der Waals surface area contributed by atoms with Gasteiger partial charge in [-0.1, -0.05) is 6.42 Å². The molecule has 1 heterocycles. The molecule has 3 aliphatic rings. The highest BCUT2D eigenvalue weighted by atomic mass is 16.5. The van der Waals surface area contributed by atoms with Crippen molar-refractivity contribution in [2.24, 2.45) is 17.8 Å². The van der Waals surface area contributed by atoms with E-state index in [4.69, 9.17) is 4.74 Å². The summed E-state index contributed by atoms with van der Waals surface area (Å²) in [5, 5.41) is 2.90. The van der Waals surface area contributed by atoms with Gasteiger partial charge in [0.1, 0.15) is 5.75 Å². The number of rotatable bonds is 5. The summed E-state index contributed by atoms with van der Waals surface area (Å²) in [6.45, 7) is 5.24. The number of ether oxygens (including phenoxy) is 1. The van der Waals surface area contributed by atoms with Crippen LogP contribution in [-0.2, 0) is 4.79 Å². The standard InChI is InChI=1S/C22H32N2O2/c1-15(25)23-20-5-6-22(26-2)21(13-20)17-7-9-24(10-8-17)14-19-12-16-3-4-18(19)11-16/h5-6,13,16-19H,3-4,7-12,14H2,1-2H3,(H,23,25). The molecule has 3 atom stereocenters. The molecule has 1 aromatic rings. The first-order valence-electron chi connectivity index (χ1n) is 10.3. The number of amides is 1. The molecule has 1 N–H and O–H groups in total. The highest BCUT2D eigenvalue weighted by Gasteiger charge is 2.40. The van der Waals surface area contributed by atoms with E-state index in [1.807, 2.05) is 12.1 Å². The average Bonchev–Trinajstić information content (AvgIpc) is 3.25. The molecular weight excluding hydrogens is 324 g/mol. The van der Waals surface area contributed by atoms with Gasteiger partial charge in [-0.2, -0.15) is 0 Å². The molecule has 0 spiro atoms. The van der Waals surface area contributed by atoms with Crippen LogP contribution in [0.2, 0.25) is 0 Å². The Morgan fingerprint density at radius 1 is 1.19 bits per heavy atom. The third kappa shape index (κ3) is 3.75. The maximum absolute atomic E-state index is 11.4. The van der Waals surface area contributed by atoms with Gasteiger partial charge in [-0.25, -0.2) is 0 Å². The predicted molar refractivity (Wildman–Crippen MR) is 105 cm³/mol. The summed E-state index contributed by atoms with van der Waals surface area (Å²) in [5.41, 5.74) is 2.12. The fourth-order valence-corrected chi connectivity index (χ4v) is 5.69. The molecule has 142 valence electrons. The van der Waals surface area contributed by atoms with Gasteiger partial charge in [0.05, 0.1) is 7.11 Å². The van der Waals surface area contributed by atoms with Crippen LogP contribution >= 0.6 is 0 Å². The highest BCUT2D eigenvalue weighted by Crippen LogP contribution is 2.48. The van der Waals surface area contributed by atoms with Crippen LogP contribution in [0.25, 0.3) is 0 Å². The molecule has 1 saturated heterocycles. The lowest BCUT2D eigenvalue weighted by Crippen LogP contribution is -2.37. The van der Waals surface area contributed by atoms with Crippen LogP contribution < -0.4 is 10.1 Å². The summed E-state index contributed by atoms with van der Waals surface area (Å²) in [4.78, 5) is 14.1. The highest BCUT2D eigenvalue weighted by molar-refractivity contribution is 5.88. The van der Waals surface area contributed by atoms with E-state index in [0.29, 0.717) is 5.92 Å². The zero-order valence-corrected chi connectivity index (χ0v) is 16.2. The molecule has 3 unspecified atom stereocenters. The third-order valence-corrected chi connectivity index (χ3v) is 6.95. The molecule has 0 aromatic heterocycles. The number of methoxy groups -OCH3 is 1. The van der Waals surface area contributed by atoms with Gasteiger partial charge in [0.25, 0.3) is 0 Å². The molecule has 1 amide bonds. The van der Waals surface area contributed by atoms with Gasteiger partial charge in [0.2, 0.25) is 5.91 Å². The summed E-state index contributed by atoms with van der Waals surface area (Å²) in [7, 11) is 1.74. The van der Waals surface area contributed by atoms with Crippen molar-refractivity contribution in [1.82, 2.24) is 4.90 Å². The lowest BCUT2D eigenvalue weighted by Gasteiger charge is -2.36. The number of nitrogens with one attached hydrogen (secondary N) is 1. The second-order valence-corrected chi connectivity index (χ2v) is 8.65. The summed E-state index contributed by atoms with van der Waals surface area (Å²) in [6, 6.07) is 6.02. The van der Waals surface area contributed by atoms with E-state index in [1.165, 1.54) is 63.7 Å². The van der Waals surface area contributed by atoms with E-state index >= 15 is 0 Å². The predicted octanol–water partition coefficient (Wildman–Crippen LogP) is 4.27. The first kappa shape index (κ1) is 17.8. The van der Waals surface area contributed by atoms with Crippen LogP contribution in [0, 0.1) is 17.8 Å². The van der Waals surface area contributed by atoms with Gasteiger partial charge >= 0.3 is 0 Å². The quantitative estimate of drug-likeness (QED) is 0.857. The monoisotopic (exact) mass is 356 g/mol. The Hall–Kier alpha value is -1.55. The van der Waals surface area contributed by atoms with E-state index in [0.717, 1.165) is 29.2 Å². The Morgan fingerprint density at radius 3 is 2.62 bits per heavy atom. The van der Waals surface area contributed by atoms with Crippen molar-refractivity contribution >= 4 is 11.6 Å². The Morgan fingerprint density at radius 2 is 2.00 bits per heavy atom. The minimum absolute atomic E-state index is 0.0261. The number of hydrogen-bond donors (Lipinski definition) is 1. The van der Waals surface area contributed by atoms with Gasteiger partial charge in [-0.05, 0) is 92.6 Å². The van der Waals surface area contributed by atoms with E-state index in [9.17, 15) is 4.79 Å². The minimum atomic E-state index is -0.0261. The minimum Gasteiger partial charge on any atom is -0.496 e. The second kappa shape index (κ2) is 7.59. The molecule has 0 radical (unpaired) electrons. The molecule has 2 saturated carbocycles. The zero-order chi connectivity index (χ0) is 18.1. The number of hydrogen-bond acceptors (Lipinski definition) is 3. The summed E-state index contributed by atoms with van der Waals surface area (Å²) < 4.78 is 5.60. The van der Waals surface area contributed by atoms with Crippen LogP contribution in [0.5, 0.6) is 5.75 Å². The maximum atomic E-state index is 11.4. The van der Waals surface area contributed by atoms with Gasteiger partial charge in [0.15, 0.2) is 0 Å². The molecular formula is C22H32N2O2. The first-order chi connectivity index (χ1) is 12.6. The molecule has 1 aromatic carbocycles. The fourth-order valence-electron chi connectivity index (χ4n) is 5.69. The van der Waals surface area contributed by atoms with Crippen molar-refractivity contribution in [3.63, 3.8) is 0 Å². The topological polar surface area (TPSA) is 41.6 Å². The van der Waals surface area contributed by atoms with Gasteiger partial charge < -0.3 is 15.0 Å². The van der Waals surface area contributed by atoms with Crippen molar-refractivity contribution in [2.75, 3.05) is 32.1 Å². The van der Waals surface area contributed by atoms with E-state index in [-0.39, 0.29) is 5.91 Å². The van der Waals surface area contributed by atoms with Crippen LogP contribution in [0.15, 0.2) is 18.2 Å². The number of piperidine rings is 1. The smallest absolute Gasteiger partial charge is 0.221 e. The van der Waals surface area contributed by atoms with Crippen LogP contribution in [0.3, 0.4) is 0 Å². The molecule has 4 rings (SSSR count). The maximum Gasteiger partial charge on any atom is 0.221 e. The van der Waals surface area contributed by atoms with E-state index in [2.05, 4.69) is 16.3 Å². The van der Waals surface area contributed by atoms with Crippen molar-refractivity contribution in [3.05, 3.63) is 23.8 Å². The zero-order valence-electron chi connectivity index (χ0n) is 16.2. The molecule has 1 aliphatic heterocycles. The number of fused-ring (bicyclic) bond motifs is 2. The number of nitrogens with zero attached hydrogens (tertiary/aromatic N) is 1. The third-order valence-electron chi connectivity index (χ3n) is 6.95. The molecule has 3 fully saturated rings. The normalized spacial score (nSPS) is 29.1. The molecule has 4 heteroatoms. The average molecular weight is 357 g/mol. The lowest BCUT2D eigenvalue weighted by atomic mass is 9.85. The fraction of sp³-hybridized carbons (Fsp3) is 0.682. The largest absolute Gasteiger partial charge is 0.496 e. The van der Waals surface area contributed by atoms with E-state index < -0.39 is 0 Å². The van der Waals surface area contributed by atoms with Crippen LogP contribution in [0.1, 0.15) is 56.9 Å². The SMILES string of the molecule is COc1ccc(NC(C)=O)cc1C1CCN(CC2CC3CCC2C3)CC1. The van der Waals surface area contributed by atoms with Gasteiger partial charge in [-0.15, -0.1) is 0 Å². The summed E-state index contributed by atoms with van der Waals surface area (Å²) >= 11 is 0. The van der Waals surface area contributed by atoms with Gasteiger partial charge in [-0.3, -0.25) is 4.79 Å². The number of benzene rings is 1. The van der Waals surface area contributed by atoms with Crippen LogP contribution in [-0.4, -0.2) is 37.6 Å². The second-order valence-electron chi connectivity index (χ2n) is 8.65. The Kier molecular flexibility index (Phi) is 5.21. The molecule has 26 heavy (non-hydrogen) atoms.